The molecule has 0 saturated carbocycles. The minimum absolute atomic E-state index is 0.562. The lowest BCUT2D eigenvalue weighted by Crippen LogP contribution is -1.92. The second kappa shape index (κ2) is 5.83. The summed E-state index contributed by atoms with van der Waals surface area (Å²) >= 11 is 0. The summed E-state index contributed by atoms with van der Waals surface area (Å²) in [6, 6.07) is 0. The zero-order valence-corrected chi connectivity index (χ0v) is 6.06. The Kier molecular flexibility index (Phi) is 5.64. The van der Waals surface area contributed by atoms with Gasteiger partial charge in [0.25, 0.3) is 0 Å². The maximum absolute atomic E-state index is 9.03. The first-order valence-corrected chi connectivity index (χ1v) is 3.45. The number of aliphatic hydroxyl groups is 1. The molecule has 0 rings (SSSR count). The second-order valence-corrected chi connectivity index (χ2v) is 2.16. The van der Waals surface area contributed by atoms with Gasteiger partial charge in [0.15, 0.2) is 0 Å². The van der Waals surface area contributed by atoms with E-state index in [1.807, 2.05) is 0 Å². The van der Waals surface area contributed by atoms with Gasteiger partial charge in [0.05, 0.1) is 6.10 Å². The fraction of sp³-hybridized carbons (Fsp3) is 0.625. The molecule has 0 saturated heterocycles. The van der Waals surface area contributed by atoms with E-state index in [0.717, 1.165) is 19.3 Å². The lowest BCUT2D eigenvalue weighted by molar-refractivity contribution is 0.277. The summed E-state index contributed by atoms with van der Waals surface area (Å²) in [6.07, 6.45) is 6.00. The molecule has 0 heterocycles. The summed E-state index contributed by atoms with van der Waals surface area (Å²) in [5, 5.41) is 9.03. The molecule has 0 unspecified atom stereocenters. The highest BCUT2D eigenvalue weighted by molar-refractivity contribution is 4.84. The Morgan fingerprint density at radius 3 is 2.78 bits per heavy atom. The zero-order valence-electron chi connectivity index (χ0n) is 6.06. The molecule has 53 valence electrons. The normalized spacial score (nSPS) is 10.1. The molecule has 1 N–H and O–H groups in total. The molecule has 0 spiro atoms. The zero-order chi connectivity index (χ0) is 7.11. The minimum atomic E-state index is 0.562. The largest absolute Gasteiger partial charge is 0.387 e. The smallest absolute Gasteiger partial charge is 0.0970 e. The molecule has 1 radical (unpaired) electrons. The average Bonchev–Trinajstić information content (AvgIpc) is 1.85. The second-order valence-electron chi connectivity index (χ2n) is 2.16. The van der Waals surface area contributed by atoms with Crippen molar-refractivity contribution in [1.29, 1.82) is 0 Å². The van der Waals surface area contributed by atoms with Crippen molar-refractivity contribution >= 4 is 0 Å². The SMILES string of the molecule is C=CC[C](O)CCCC. The first-order chi connectivity index (χ1) is 4.31. The number of hydrogen-bond donors (Lipinski definition) is 1. The van der Waals surface area contributed by atoms with Gasteiger partial charge in [-0.15, -0.1) is 6.58 Å². The van der Waals surface area contributed by atoms with Crippen molar-refractivity contribution in [3.05, 3.63) is 18.8 Å². The van der Waals surface area contributed by atoms with Crippen LogP contribution in [0.4, 0.5) is 0 Å². The standard InChI is InChI=1S/C8H15O/c1-3-5-7-8(9)6-4-2/h4,9H,2-3,5-7H2,1H3. The molecule has 0 bridgehead atoms. The van der Waals surface area contributed by atoms with E-state index in [1.54, 1.807) is 6.08 Å². The maximum atomic E-state index is 9.03. The summed E-state index contributed by atoms with van der Waals surface area (Å²) in [5.41, 5.74) is 0. The number of hydrogen-bond acceptors (Lipinski definition) is 1. The van der Waals surface area contributed by atoms with Crippen molar-refractivity contribution in [1.82, 2.24) is 0 Å². The van der Waals surface area contributed by atoms with Crippen LogP contribution in [0.3, 0.4) is 0 Å². The molecule has 1 heteroatoms. The molecular formula is C8H15O. The summed E-state index contributed by atoms with van der Waals surface area (Å²) in [5.74, 6) is 0. The lowest BCUT2D eigenvalue weighted by atomic mass is 10.1. The van der Waals surface area contributed by atoms with Gasteiger partial charge in [-0.1, -0.05) is 25.8 Å². The van der Waals surface area contributed by atoms with Crippen LogP contribution in [0.1, 0.15) is 32.6 Å². The number of rotatable bonds is 5. The Hall–Kier alpha value is -0.300. The minimum Gasteiger partial charge on any atom is -0.387 e. The Bertz CT molecular complexity index is 69.0. The van der Waals surface area contributed by atoms with Crippen LogP contribution in [0, 0.1) is 6.10 Å². The highest BCUT2D eigenvalue weighted by Gasteiger charge is 1.99. The van der Waals surface area contributed by atoms with Gasteiger partial charge >= 0.3 is 0 Å². The highest BCUT2D eigenvalue weighted by atomic mass is 16.3. The summed E-state index contributed by atoms with van der Waals surface area (Å²) in [4.78, 5) is 0. The third-order valence-corrected chi connectivity index (χ3v) is 1.20. The van der Waals surface area contributed by atoms with Gasteiger partial charge in [0.2, 0.25) is 0 Å². The van der Waals surface area contributed by atoms with Crippen LogP contribution in [0.15, 0.2) is 12.7 Å². The Labute approximate surface area is 57.4 Å². The van der Waals surface area contributed by atoms with E-state index in [1.165, 1.54) is 0 Å². The van der Waals surface area contributed by atoms with E-state index in [4.69, 9.17) is 5.11 Å². The van der Waals surface area contributed by atoms with Crippen molar-refractivity contribution in [2.45, 2.75) is 32.6 Å². The summed E-state index contributed by atoms with van der Waals surface area (Å²) in [6.45, 7) is 5.64. The predicted molar refractivity (Wildman–Crippen MR) is 39.5 cm³/mol. The topological polar surface area (TPSA) is 20.2 Å². The lowest BCUT2D eigenvalue weighted by Gasteiger charge is -2.03. The molecule has 9 heavy (non-hydrogen) atoms. The van der Waals surface area contributed by atoms with Gasteiger partial charge < -0.3 is 5.11 Å². The predicted octanol–water partition coefficient (Wildman–Crippen LogP) is 2.66. The molecule has 0 fully saturated rings. The number of aliphatic hydroxyl groups excluding tert-OH is 1. The van der Waals surface area contributed by atoms with Crippen LogP contribution in [0.25, 0.3) is 0 Å². The van der Waals surface area contributed by atoms with Crippen molar-refractivity contribution in [3.63, 3.8) is 0 Å². The molecule has 0 aromatic rings. The van der Waals surface area contributed by atoms with E-state index < -0.39 is 0 Å². The third-order valence-electron chi connectivity index (χ3n) is 1.20. The average molecular weight is 127 g/mol. The van der Waals surface area contributed by atoms with Crippen LogP contribution < -0.4 is 0 Å². The van der Waals surface area contributed by atoms with Gasteiger partial charge in [0.1, 0.15) is 0 Å². The maximum Gasteiger partial charge on any atom is 0.0970 e. The Morgan fingerprint density at radius 2 is 2.33 bits per heavy atom. The van der Waals surface area contributed by atoms with Gasteiger partial charge in [-0.3, -0.25) is 0 Å². The molecule has 0 aliphatic rings. The van der Waals surface area contributed by atoms with Crippen molar-refractivity contribution in [2.24, 2.45) is 0 Å². The van der Waals surface area contributed by atoms with E-state index in [-0.39, 0.29) is 0 Å². The molecule has 0 aromatic carbocycles. The monoisotopic (exact) mass is 127 g/mol. The van der Waals surface area contributed by atoms with Crippen LogP contribution >= 0.6 is 0 Å². The van der Waals surface area contributed by atoms with Gasteiger partial charge in [0, 0.05) is 0 Å². The van der Waals surface area contributed by atoms with Gasteiger partial charge in [-0.25, -0.2) is 0 Å². The van der Waals surface area contributed by atoms with E-state index in [0.29, 0.717) is 12.5 Å². The summed E-state index contributed by atoms with van der Waals surface area (Å²) < 4.78 is 0. The summed E-state index contributed by atoms with van der Waals surface area (Å²) in [7, 11) is 0. The van der Waals surface area contributed by atoms with E-state index in [2.05, 4.69) is 13.5 Å². The van der Waals surface area contributed by atoms with Crippen LogP contribution in [0.5, 0.6) is 0 Å². The molecule has 0 aliphatic heterocycles. The van der Waals surface area contributed by atoms with Crippen molar-refractivity contribution in [2.75, 3.05) is 0 Å². The number of unbranched alkanes of at least 4 members (excludes halogenated alkanes) is 1. The van der Waals surface area contributed by atoms with E-state index >= 15 is 0 Å². The quantitative estimate of drug-likeness (QED) is 0.563. The van der Waals surface area contributed by atoms with Crippen molar-refractivity contribution < 1.29 is 5.11 Å². The Morgan fingerprint density at radius 1 is 1.67 bits per heavy atom. The first kappa shape index (κ1) is 8.70. The molecule has 0 atom stereocenters. The van der Waals surface area contributed by atoms with E-state index in [9.17, 15) is 0 Å². The molecule has 0 aliphatic carbocycles. The molecule has 0 aromatic heterocycles. The molecule has 1 nitrogen and oxygen atoms in total. The van der Waals surface area contributed by atoms with Crippen molar-refractivity contribution in [3.8, 4) is 0 Å². The molecule has 0 amide bonds. The van der Waals surface area contributed by atoms with Crippen LogP contribution in [-0.4, -0.2) is 5.11 Å². The Balaban J connectivity index is 3.04. The first-order valence-electron chi connectivity index (χ1n) is 3.45. The third kappa shape index (κ3) is 5.57. The highest BCUT2D eigenvalue weighted by Crippen LogP contribution is 2.10. The molecular weight excluding hydrogens is 112 g/mol. The fourth-order valence-electron chi connectivity index (χ4n) is 0.650. The fourth-order valence-corrected chi connectivity index (χ4v) is 0.650. The van der Waals surface area contributed by atoms with Gasteiger partial charge in [-0.05, 0) is 12.8 Å². The van der Waals surface area contributed by atoms with Gasteiger partial charge in [-0.2, -0.15) is 0 Å². The van der Waals surface area contributed by atoms with Crippen LogP contribution in [-0.2, 0) is 0 Å². The van der Waals surface area contributed by atoms with Crippen LogP contribution in [0.2, 0.25) is 0 Å².